The maximum absolute atomic E-state index is 13.3. The van der Waals surface area contributed by atoms with Gasteiger partial charge in [-0.2, -0.15) is 0 Å². The third-order valence-electron chi connectivity index (χ3n) is 9.30. The molecule has 2 nitrogen and oxygen atoms in total. The topological polar surface area (TPSA) is 34.1 Å². The summed E-state index contributed by atoms with van der Waals surface area (Å²) in [6, 6.07) is 0. The molecule has 24 heavy (non-hydrogen) atoms. The molecule has 8 aliphatic carbocycles. The molecule has 2 heteroatoms. The van der Waals surface area contributed by atoms with Crippen molar-refractivity contribution in [3.05, 3.63) is 0 Å². The van der Waals surface area contributed by atoms with Crippen LogP contribution in [0.5, 0.6) is 0 Å². The van der Waals surface area contributed by atoms with Gasteiger partial charge in [0, 0.05) is 11.8 Å². The highest BCUT2D eigenvalue weighted by Gasteiger charge is 2.56. The molecule has 0 aromatic heterocycles. The number of carbonyl (C=O) groups excluding carboxylic acids is 2. The van der Waals surface area contributed by atoms with Gasteiger partial charge in [-0.15, -0.1) is 0 Å². The lowest BCUT2D eigenvalue weighted by Crippen LogP contribution is -2.54. The van der Waals surface area contributed by atoms with Gasteiger partial charge >= 0.3 is 0 Å². The maximum Gasteiger partial charge on any atom is 0.202 e. The zero-order valence-electron chi connectivity index (χ0n) is 14.7. The van der Waals surface area contributed by atoms with E-state index in [9.17, 15) is 9.59 Å². The Balaban J connectivity index is 1.25. The molecule has 0 amide bonds. The summed E-state index contributed by atoms with van der Waals surface area (Å²) in [5.74, 6) is 6.24. The summed E-state index contributed by atoms with van der Waals surface area (Å²) >= 11 is 0. The maximum atomic E-state index is 13.3. The molecular formula is C22H30O2. The van der Waals surface area contributed by atoms with Crippen molar-refractivity contribution in [3.8, 4) is 0 Å². The van der Waals surface area contributed by atoms with Gasteiger partial charge in [-0.25, -0.2) is 0 Å². The van der Waals surface area contributed by atoms with Gasteiger partial charge < -0.3 is 0 Å². The van der Waals surface area contributed by atoms with Crippen LogP contribution in [-0.4, -0.2) is 11.6 Å². The van der Waals surface area contributed by atoms with Crippen LogP contribution in [0.3, 0.4) is 0 Å². The van der Waals surface area contributed by atoms with Gasteiger partial charge in [0.1, 0.15) is 0 Å². The zero-order chi connectivity index (χ0) is 16.0. The lowest BCUT2D eigenvalue weighted by atomic mass is 9.48. The standard InChI is InChI=1S/C22H30O2/c23-21(19-15-3-11-1-12(5-15)6-16(19)4-11)22(24)20-17-7-13-2-14(9-17)10-18(20)8-13/h11-20H,1-10H2. The van der Waals surface area contributed by atoms with Crippen molar-refractivity contribution in [2.75, 3.05) is 0 Å². The second-order valence-electron chi connectivity index (χ2n) is 10.6. The molecule has 0 aromatic carbocycles. The van der Waals surface area contributed by atoms with E-state index >= 15 is 0 Å². The first-order valence-electron chi connectivity index (χ1n) is 10.7. The van der Waals surface area contributed by atoms with Crippen molar-refractivity contribution in [3.63, 3.8) is 0 Å². The summed E-state index contributed by atoms with van der Waals surface area (Å²) in [5.41, 5.74) is 0. The SMILES string of the molecule is O=C(C(=O)C1C2CC3CC(C2)CC1C3)C1C2CC3CC(C2)CC1C3. The van der Waals surface area contributed by atoms with Crippen molar-refractivity contribution in [1.82, 2.24) is 0 Å². The molecule has 8 saturated carbocycles. The average Bonchev–Trinajstić information content (AvgIpc) is 2.52. The van der Waals surface area contributed by atoms with Gasteiger partial charge in [0.05, 0.1) is 0 Å². The van der Waals surface area contributed by atoms with Gasteiger partial charge in [-0.3, -0.25) is 9.59 Å². The number of carbonyl (C=O) groups is 2. The number of Topliss-reactive ketones (excluding diaryl/α,β-unsaturated/α-hetero) is 2. The summed E-state index contributed by atoms with van der Waals surface area (Å²) in [4.78, 5) is 26.6. The van der Waals surface area contributed by atoms with E-state index in [-0.39, 0.29) is 23.4 Å². The lowest BCUT2D eigenvalue weighted by Gasteiger charge is -2.55. The third kappa shape index (κ3) is 1.95. The molecule has 8 rings (SSSR count). The minimum atomic E-state index is 0.0984. The zero-order valence-corrected chi connectivity index (χ0v) is 14.7. The first-order chi connectivity index (χ1) is 11.7. The first-order valence-corrected chi connectivity index (χ1v) is 10.7. The third-order valence-corrected chi connectivity index (χ3v) is 9.30. The van der Waals surface area contributed by atoms with Crippen LogP contribution in [0.4, 0.5) is 0 Å². The van der Waals surface area contributed by atoms with Gasteiger partial charge in [0.2, 0.25) is 11.6 Å². The van der Waals surface area contributed by atoms with Crippen molar-refractivity contribution in [2.45, 2.75) is 64.2 Å². The molecule has 8 fully saturated rings. The molecule has 0 atom stereocenters. The Morgan fingerprint density at radius 2 is 0.667 bits per heavy atom. The highest BCUT2D eigenvalue weighted by molar-refractivity contribution is 6.39. The smallest absolute Gasteiger partial charge is 0.202 e. The summed E-state index contributed by atoms with van der Waals surface area (Å²) in [7, 11) is 0. The Hall–Kier alpha value is -0.660. The number of hydrogen-bond acceptors (Lipinski definition) is 2. The predicted octanol–water partition coefficient (Wildman–Crippen LogP) is 4.27. The van der Waals surface area contributed by atoms with Crippen LogP contribution in [0, 0.1) is 59.2 Å². The van der Waals surface area contributed by atoms with E-state index in [4.69, 9.17) is 0 Å². The Morgan fingerprint density at radius 3 is 0.917 bits per heavy atom. The molecule has 8 aliphatic rings. The summed E-state index contributed by atoms with van der Waals surface area (Å²) in [6.07, 6.45) is 12.8. The average molecular weight is 326 g/mol. The van der Waals surface area contributed by atoms with E-state index in [2.05, 4.69) is 0 Å². The van der Waals surface area contributed by atoms with Crippen molar-refractivity contribution >= 4 is 11.6 Å². The largest absolute Gasteiger partial charge is 0.291 e. The van der Waals surface area contributed by atoms with E-state index in [1.54, 1.807) is 0 Å². The highest BCUT2D eigenvalue weighted by atomic mass is 16.2. The molecule has 0 radical (unpaired) electrons. The summed E-state index contributed by atoms with van der Waals surface area (Å²) in [5, 5.41) is 0. The lowest BCUT2D eigenvalue weighted by molar-refractivity contribution is -0.155. The van der Waals surface area contributed by atoms with Crippen LogP contribution in [0.25, 0.3) is 0 Å². The van der Waals surface area contributed by atoms with Crippen LogP contribution in [0.2, 0.25) is 0 Å². The predicted molar refractivity (Wildman–Crippen MR) is 91.1 cm³/mol. The van der Waals surface area contributed by atoms with E-state index < -0.39 is 0 Å². The highest BCUT2D eigenvalue weighted by Crippen LogP contribution is 2.59. The minimum Gasteiger partial charge on any atom is -0.291 e. The molecule has 130 valence electrons. The van der Waals surface area contributed by atoms with Crippen LogP contribution in [0.15, 0.2) is 0 Å². The first kappa shape index (κ1) is 14.5. The number of hydrogen-bond donors (Lipinski definition) is 0. The molecule has 0 saturated heterocycles. The van der Waals surface area contributed by atoms with E-state index in [1.807, 2.05) is 0 Å². The van der Waals surface area contributed by atoms with Crippen LogP contribution >= 0.6 is 0 Å². The van der Waals surface area contributed by atoms with Crippen LogP contribution in [-0.2, 0) is 9.59 Å². The quantitative estimate of drug-likeness (QED) is 0.726. The molecule has 0 spiro atoms. The number of rotatable bonds is 3. The molecular weight excluding hydrogens is 296 g/mol. The van der Waals surface area contributed by atoms with Crippen molar-refractivity contribution in [2.24, 2.45) is 59.2 Å². The van der Waals surface area contributed by atoms with Gasteiger partial charge in [0.15, 0.2) is 0 Å². The van der Waals surface area contributed by atoms with E-state index in [1.165, 1.54) is 64.2 Å². The van der Waals surface area contributed by atoms with Gasteiger partial charge in [0.25, 0.3) is 0 Å². The van der Waals surface area contributed by atoms with Gasteiger partial charge in [-0.1, -0.05) is 0 Å². The number of ketones is 2. The Labute approximate surface area is 145 Å². The fourth-order valence-corrected chi connectivity index (χ4v) is 9.04. The molecule has 0 N–H and O–H groups in total. The normalized spacial score (nSPS) is 56.7. The summed E-state index contributed by atoms with van der Waals surface area (Å²) < 4.78 is 0. The van der Waals surface area contributed by atoms with Crippen LogP contribution < -0.4 is 0 Å². The van der Waals surface area contributed by atoms with E-state index in [0.29, 0.717) is 23.7 Å². The molecule has 0 heterocycles. The molecule has 0 aromatic rings. The fraction of sp³-hybridized carbons (Fsp3) is 0.909. The van der Waals surface area contributed by atoms with Crippen LogP contribution in [0.1, 0.15) is 64.2 Å². The van der Waals surface area contributed by atoms with Crippen molar-refractivity contribution in [1.29, 1.82) is 0 Å². The van der Waals surface area contributed by atoms with Crippen molar-refractivity contribution < 1.29 is 9.59 Å². The summed E-state index contributed by atoms with van der Waals surface area (Å²) in [6.45, 7) is 0. The monoisotopic (exact) mass is 326 g/mol. The Bertz CT molecular complexity index is 483. The minimum absolute atomic E-state index is 0.0984. The second-order valence-corrected chi connectivity index (χ2v) is 10.6. The second kappa shape index (κ2) is 4.95. The molecule has 0 aliphatic heterocycles. The van der Waals surface area contributed by atoms with Gasteiger partial charge in [-0.05, 0) is 112 Å². The Morgan fingerprint density at radius 1 is 0.417 bits per heavy atom. The molecule has 8 bridgehead atoms. The van der Waals surface area contributed by atoms with E-state index in [0.717, 1.165) is 23.7 Å². The molecule has 0 unspecified atom stereocenters. The fourth-order valence-electron chi connectivity index (χ4n) is 9.04. The Kier molecular flexibility index (Phi) is 2.99.